The van der Waals surface area contributed by atoms with Gasteiger partial charge in [0, 0.05) is 33.9 Å². The van der Waals surface area contributed by atoms with Gasteiger partial charge in [-0.2, -0.15) is 0 Å². The molecule has 1 aromatic rings. The van der Waals surface area contributed by atoms with E-state index in [2.05, 4.69) is 4.90 Å². The van der Waals surface area contributed by atoms with Crippen LogP contribution < -0.4 is 4.90 Å². The highest BCUT2D eigenvalue weighted by atomic mass is 32.1. The molecule has 0 N–H and O–H groups in total. The molecular formula is C12H19NO3S. The van der Waals surface area contributed by atoms with Gasteiger partial charge in [0.1, 0.15) is 0 Å². The number of nitrogens with zero attached hydrogens (tertiary/aromatic N) is 1. The molecule has 0 spiro atoms. The van der Waals surface area contributed by atoms with Crippen LogP contribution in [0.2, 0.25) is 0 Å². The van der Waals surface area contributed by atoms with Crippen molar-refractivity contribution in [2.24, 2.45) is 0 Å². The van der Waals surface area contributed by atoms with Crippen LogP contribution in [0, 0.1) is 0 Å². The molecule has 0 fully saturated rings. The molecule has 4 nitrogen and oxygen atoms in total. The van der Waals surface area contributed by atoms with Crippen molar-refractivity contribution in [3.8, 4) is 0 Å². The van der Waals surface area contributed by atoms with E-state index in [0.29, 0.717) is 6.61 Å². The molecule has 0 saturated heterocycles. The largest absolute Gasteiger partial charge is 0.385 e. The maximum Gasteiger partial charge on any atom is 0.160 e. The second-order valence-corrected chi connectivity index (χ2v) is 4.71. The summed E-state index contributed by atoms with van der Waals surface area (Å²) in [5.74, 6) is 0. The van der Waals surface area contributed by atoms with Crippen LogP contribution in [0.1, 0.15) is 16.1 Å². The highest BCUT2D eigenvalue weighted by Gasteiger charge is 2.08. The first-order valence-corrected chi connectivity index (χ1v) is 6.41. The molecule has 1 rings (SSSR count). The number of carbonyl (C=O) groups excluding carboxylic acids is 1. The van der Waals surface area contributed by atoms with Crippen LogP contribution in [0.15, 0.2) is 12.1 Å². The molecule has 0 aliphatic carbocycles. The lowest BCUT2D eigenvalue weighted by Gasteiger charge is -2.22. The van der Waals surface area contributed by atoms with Crippen molar-refractivity contribution in [3.05, 3.63) is 17.0 Å². The first kappa shape index (κ1) is 14.2. The summed E-state index contributed by atoms with van der Waals surface area (Å²) in [4.78, 5) is 13.6. The Morgan fingerprint density at radius 2 is 2.00 bits per heavy atom. The van der Waals surface area contributed by atoms with Crippen molar-refractivity contribution in [3.63, 3.8) is 0 Å². The third-order valence-corrected chi connectivity index (χ3v) is 3.45. The molecule has 0 bridgehead atoms. The quantitative estimate of drug-likeness (QED) is 0.501. The van der Waals surface area contributed by atoms with E-state index in [1.54, 1.807) is 14.2 Å². The Kier molecular flexibility index (Phi) is 6.84. The van der Waals surface area contributed by atoms with E-state index < -0.39 is 0 Å². The minimum Gasteiger partial charge on any atom is -0.385 e. The summed E-state index contributed by atoms with van der Waals surface area (Å²) in [6, 6.07) is 3.83. The van der Waals surface area contributed by atoms with E-state index in [0.717, 1.165) is 42.3 Å². The number of carbonyl (C=O) groups is 1. The third kappa shape index (κ3) is 4.85. The van der Waals surface area contributed by atoms with E-state index in [1.165, 1.54) is 11.3 Å². The Morgan fingerprint density at radius 3 is 2.59 bits per heavy atom. The second kappa shape index (κ2) is 8.22. The Morgan fingerprint density at radius 1 is 1.24 bits per heavy atom. The number of rotatable bonds is 9. The number of hydrogen-bond donors (Lipinski definition) is 0. The molecule has 0 radical (unpaired) electrons. The number of anilines is 1. The van der Waals surface area contributed by atoms with Crippen LogP contribution in [-0.4, -0.2) is 46.8 Å². The van der Waals surface area contributed by atoms with Gasteiger partial charge in [0.2, 0.25) is 0 Å². The number of hydrogen-bond acceptors (Lipinski definition) is 5. The Bertz CT molecular complexity index is 327. The molecule has 1 aromatic heterocycles. The van der Waals surface area contributed by atoms with E-state index in [-0.39, 0.29) is 0 Å². The zero-order valence-corrected chi connectivity index (χ0v) is 11.2. The van der Waals surface area contributed by atoms with Gasteiger partial charge in [-0.05, 0) is 18.6 Å². The summed E-state index contributed by atoms with van der Waals surface area (Å²) in [7, 11) is 3.40. The standard InChI is InChI=1S/C12H19NO3S/c1-15-8-3-6-13(7-9-16-2)12-5-4-11(10-14)17-12/h4-5,10H,3,6-9H2,1-2H3. The minimum atomic E-state index is 0.682. The van der Waals surface area contributed by atoms with Crippen molar-refractivity contribution in [2.45, 2.75) is 6.42 Å². The molecule has 0 saturated carbocycles. The Hall–Kier alpha value is -0.910. The molecule has 1 heterocycles. The van der Waals surface area contributed by atoms with Gasteiger partial charge in [-0.1, -0.05) is 0 Å². The molecule has 96 valence electrons. The summed E-state index contributed by atoms with van der Waals surface area (Å²) in [5.41, 5.74) is 0. The topological polar surface area (TPSA) is 38.8 Å². The predicted octanol–water partition coefficient (Wildman–Crippen LogP) is 2.05. The number of thiophene rings is 1. The smallest absolute Gasteiger partial charge is 0.160 e. The summed E-state index contributed by atoms with van der Waals surface area (Å²) < 4.78 is 10.1. The summed E-state index contributed by atoms with van der Waals surface area (Å²) in [6.07, 6.45) is 1.85. The fraction of sp³-hybridized carbons (Fsp3) is 0.583. The molecule has 0 atom stereocenters. The van der Waals surface area contributed by atoms with E-state index in [1.807, 2.05) is 12.1 Å². The van der Waals surface area contributed by atoms with Gasteiger partial charge in [0.25, 0.3) is 0 Å². The second-order valence-electron chi connectivity index (χ2n) is 3.62. The summed E-state index contributed by atoms with van der Waals surface area (Å²) in [6.45, 7) is 3.17. The molecule has 0 unspecified atom stereocenters. The lowest BCUT2D eigenvalue weighted by molar-refractivity contribution is 0.112. The zero-order chi connectivity index (χ0) is 12.5. The van der Waals surface area contributed by atoms with Crippen LogP contribution >= 0.6 is 11.3 Å². The van der Waals surface area contributed by atoms with E-state index in [4.69, 9.17) is 9.47 Å². The number of methoxy groups -OCH3 is 2. The van der Waals surface area contributed by atoms with Gasteiger partial charge in [-0.3, -0.25) is 4.79 Å². The molecule has 0 aliphatic heterocycles. The van der Waals surface area contributed by atoms with Gasteiger partial charge >= 0.3 is 0 Å². The van der Waals surface area contributed by atoms with Crippen LogP contribution in [0.3, 0.4) is 0 Å². The highest BCUT2D eigenvalue weighted by molar-refractivity contribution is 7.17. The number of aldehydes is 1. The van der Waals surface area contributed by atoms with Gasteiger partial charge in [-0.25, -0.2) is 0 Å². The van der Waals surface area contributed by atoms with Crippen molar-refractivity contribution < 1.29 is 14.3 Å². The fourth-order valence-electron chi connectivity index (χ4n) is 1.51. The van der Waals surface area contributed by atoms with E-state index in [9.17, 15) is 4.79 Å². The normalized spacial score (nSPS) is 10.5. The molecule has 0 aromatic carbocycles. The number of ether oxygens (including phenoxy) is 2. The Labute approximate surface area is 106 Å². The van der Waals surface area contributed by atoms with Crippen molar-refractivity contribution in [1.82, 2.24) is 0 Å². The molecule has 17 heavy (non-hydrogen) atoms. The lowest BCUT2D eigenvalue weighted by Crippen LogP contribution is -2.28. The molecule has 0 amide bonds. The fourth-order valence-corrected chi connectivity index (χ4v) is 2.38. The molecule has 0 aliphatic rings. The highest BCUT2D eigenvalue weighted by Crippen LogP contribution is 2.24. The first-order valence-electron chi connectivity index (χ1n) is 5.59. The van der Waals surface area contributed by atoms with Crippen LogP contribution in [0.4, 0.5) is 5.00 Å². The van der Waals surface area contributed by atoms with Crippen LogP contribution in [-0.2, 0) is 9.47 Å². The molecular weight excluding hydrogens is 238 g/mol. The van der Waals surface area contributed by atoms with Crippen molar-refractivity contribution in [2.75, 3.05) is 45.4 Å². The predicted molar refractivity (Wildman–Crippen MR) is 70.3 cm³/mol. The Balaban J connectivity index is 2.56. The van der Waals surface area contributed by atoms with Crippen molar-refractivity contribution in [1.29, 1.82) is 0 Å². The summed E-state index contributed by atoms with van der Waals surface area (Å²) >= 11 is 1.51. The monoisotopic (exact) mass is 257 g/mol. The van der Waals surface area contributed by atoms with Gasteiger partial charge in [0.15, 0.2) is 6.29 Å². The maximum atomic E-state index is 10.7. The molecule has 5 heteroatoms. The SMILES string of the molecule is COCCCN(CCOC)c1ccc(C=O)s1. The maximum absolute atomic E-state index is 10.7. The van der Waals surface area contributed by atoms with Gasteiger partial charge in [-0.15, -0.1) is 11.3 Å². The van der Waals surface area contributed by atoms with Crippen LogP contribution in [0.5, 0.6) is 0 Å². The van der Waals surface area contributed by atoms with Crippen molar-refractivity contribution >= 4 is 22.6 Å². The summed E-state index contributed by atoms with van der Waals surface area (Å²) in [5, 5.41) is 1.11. The average Bonchev–Trinajstić information content (AvgIpc) is 2.82. The van der Waals surface area contributed by atoms with Gasteiger partial charge in [0.05, 0.1) is 16.5 Å². The first-order chi connectivity index (χ1) is 8.31. The lowest BCUT2D eigenvalue weighted by atomic mass is 10.4. The zero-order valence-electron chi connectivity index (χ0n) is 10.3. The van der Waals surface area contributed by atoms with Crippen LogP contribution in [0.25, 0.3) is 0 Å². The third-order valence-electron chi connectivity index (χ3n) is 2.38. The van der Waals surface area contributed by atoms with Gasteiger partial charge < -0.3 is 14.4 Å². The minimum absolute atomic E-state index is 0.682. The van der Waals surface area contributed by atoms with E-state index >= 15 is 0 Å². The average molecular weight is 257 g/mol.